The Hall–Kier alpha value is -1.65. The molecule has 2 heterocycles. The number of piperidine rings is 1. The van der Waals surface area contributed by atoms with Crippen molar-refractivity contribution in [3.8, 4) is 0 Å². The van der Waals surface area contributed by atoms with Gasteiger partial charge in [-0.25, -0.2) is 9.37 Å². The molecule has 1 saturated heterocycles. The average molecular weight is 279 g/mol. The van der Waals surface area contributed by atoms with E-state index in [0.29, 0.717) is 0 Å². The summed E-state index contributed by atoms with van der Waals surface area (Å²) in [7, 11) is 0. The second-order valence-corrected chi connectivity index (χ2v) is 6.32. The van der Waals surface area contributed by atoms with Crippen LogP contribution in [0.3, 0.4) is 0 Å². The molecule has 0 radical (unpaired) electrons. The summed E-state index contributed by atoms with van der Waals surface area (Å²) in [6.07, 6.45) is 3.02. The molecule has 5 heteroatoms. The molecule has 1 aliphatic rings. The van der Waals surface area contributed by atoms with Crippen LogP contribution in [0.4, 0.5) is 10.2 Å². The number of nitrogens with zero attached hydrogens (tertiary/aromatic N) is 2. The summed E-state index contributed by atoms with van der Waals surface area (Å²) in [6.45, 7) is 7.40. The molecule has 0 aliphatic carbocycles. The number of pyridine rings is 1. The molecule has 0 unspecified atom stereocenters. The van der Waals surface area contributed by atoms with Crippen LogP contribution in [-0.4, -0.2) is 30.0 Å². The van der Waals surface area contributed by atoms with Gasteiger partial charge >= 0.3 is 0 Å². The minimum atomic E-state index is -0.352. The predicted octanol–water partition coefficient (Wildman–Crippen LogP) is 2.35. The Morgan fingerprint density at radius 2 is 2.00 bits per heavy atom. The first-order chi connectivity index (χ1) is 9.36. The van der Waals surface area contributed by atoms with E-state index in [2.05, 4.69) is 15.2 Å². The monoisotopic (exact) mass is 279 g/mol. The van der Waals surface area contributed by atoms with Gasteiger partial charge in [0.15, 0.2) is 0 Å². The Morgan fingerprint density at radius 3 is 2.50 bits per heavy atom. The van der Waals surface area contributed by atoms with Crippen LogP contribution in [0.15, 0.2) is 18.3 Å². The number of nitrogens with one attached hydrogen (secondary N) is 1. The lowest BCUT2D eigenvalue weighted by Crippen LogP contribution is -2.47. The summed E-state index contributed by atoms with van der Waals surface area (Å²) >= 11 is 0. The number of carbonyl (C=O) groups is 1. The third kappa shape index (κ3) is 3.68. The Kier molecular flexibility index (Phi) is 4.26. The Bertz CT molecular complexity index is 459. The van der Waals surface area contributed by atoms with Crippen LogP contribution in [-0.2, 0) is 4.79 Å². The van der Waals surface area contributed by atoms with Gasteiger partial charge in [0.05, 0.1) is 6.20 Å². The maximum atomic E-state index is 12.8. The lowest BCUT2D eigenvalue weighted by molar-refractivity contribution is -0.129. The van der Waals surface area contributed by atoms with Crippen LogP contribution >= 0.6 is 0 Å². The van der Waals surface area contributed by atoms with Gasteiger partial charge in [-0.05, 0) is 25.0 Å². The molecule has 110 valence electrons. The molecule has 1 aromatic heterocycles. The van der Waals surface area contributed by atoms with E-state index >= 15 is 0 Å². The fourth-order valence-electron chi connectivity index (χ4n) is 2.21. The lowest BCUT2D eigenvalue weighted by atomic mass is 9.94. The van der Waals surface area contributed by atoms with Gasteiger partial charge in [0, 0.05) is 24.5 Å². The number of anilines is 1. The molecule has 0 atom stereocenters. The fraction of sp³-hybridized carbons (Fsp3) is 0.600. The van der Waals surface area contributed by atoms with Crippen LogP contribution in [0, 0.1) is 11.2 Å². The zero-order valence-corrected chi connectivity index (χ0v) is 12.3. The molecule has 20 heavy (non-hydrogen) atoms. The number of amides is 1. The molecule has 0 bridgehead atoms. The number of rotatable bonds is 2. The summed E-state index contributed by atoms with van der Waals surface area (Å²) < 4.78 is 12.8. The van der Waals surface area contributed by atoms with E-state index in [1.807, 2.05) is 20.8 Å². The molecular formula is C15H22FN3O. The number of hydrogen-bond donors (Lipinski definition) is 1. The van der Waals surface area contributed by atoms with Crippen LogP contribution in [0.5, 0.6) is 0 Å². The lowest BCUT2D eigenvalue weighted by Gasteiger charge is -2.34. The first-order valence-corrected chi connectivity index (χ1v) is 7.04. The molecule has 0 spiro atoms. The summed E-state index contributed by atoms with van der Waals surface area (Å²) in [5.74, 6) is 0.573. The van der Waals surface area contributed by atoms with Crippen molar-refractivity contribution in [2.75, 3.05) is 18.0 Å². The standard InChI is InChI=1S/C15H22FN3O/c1-15(2,3)14(20)18-12-6-8-19(9-7-12)13-5-4-11(16)10-17-13/h4-5,10,12H,6-9H2,1-3H3,(H,18,20). The molecule has 1 aliphatic heterocycles. The van der Waals surface area contributed by atoms with E-state index in [1.165, 1.54) is 12.3 Å². The highest BCUT2D eigenvalue weighted by Gasteiger charge is 2.26. The number of hydrogen-bond acceptors (Lipinski definition) is 3. The minimum absolute atomic E-state index is 0.0934. The molecule has 1 N–H and O–H groups in total. The quantitative estimate of drug-likeness (QED) is 0.904. The van der Waals surface area contributed by atoms with Crippen molar-refractivity contribution in [1.82, 2.24) is 10.3 Å². The summed E-state index contributed by atoms with van der Waals surface area (Å²) in [4.78, 5) is 18.2. The third-order valence-electron chi connectivity index (χ3n) is 3.55. The first kappa shape index (κ1) is 14.8. The largest absolute Gasteiger partial charge is 0.356 e. The molecule has 0 saturated carbocycles. The van der Waals surface area contributed by atoms with Gasteiger partial charge in [-0.1, -0.05) is 20.8 Å². The first-order valence-electron chi connectivity index (χ1n) is 7.04. The summed E-state index contributed by atoms with van der Waals surface area (Å²) in [5, 5.41) is 3.09. The molecule has 1 fully saturated rings. The van der Waals surface area contributed by atoms with Gasteiger partial charge in [-0.3, -0.25) is 4.79 Å². The third-order valence-corrected chi connectivity index (χ3v) is 3.55. The van der Waals surface area contributed by atoms with Crippen molar-refractivity contribution in [1.29, 1.82) is 0 Å². The average Bonchev–Trinajstić information content (AvgIpc) is 2.39. The zero-order valence-electron chi connectivity index (χ0n) is 12.3. The molecule has 4 nitrogen and oxygen atoms in total. The molecular weight excluding hydrogens is 257 g/mol. The highest BCUT2D eigenvalue weighted by molar-refractivity contribution is 5.81. The van der Waals surface area contributed by atoms with Crippen molar-refractivity contribution < 1.29 is 9.18 Å². The molecule has 1 amide bonds. The highest BCUT2D eigenvalue weighted by atomic mass is 19.1. The van der Waals surface area contributed by atoms with Crippen molar-refractivity contribution in [2.24, 2.45) is 5.41 Å². The van der Waals surface area contributed by atoms with Gasteiger partial charge in [0.25, 0.3) is 0 Å². The second-order valence-electron chi connectivity index (χ2n) is 6.32. The van der Waals surface area contributed by atoms with Gasteiger partial charge in [0.2, 0.25) is 5.91 Å². The van der Waals surface area contributed by atoms with Gasteiger partial charge in [-0.2, -0.15) is 0 Å². The van der Waals surface area contributed by atoms with Gasteiger partial charge in [0.1, 0.15) is 11.6 Å². The highest BCUT2D eigenvalue weighted by Crippen LogP contribution is 2.19. The molecule has 0 aromatic carbocycles. The summed E-state index contributed by atoms with van der Waals surface area (Å²) in [6, 6.07) is 3.34. The second kappa shape index (κ2) is 5.77. The van der Waals surface area contributed by atoms with Crippen LogP contribution in [0.2, 0.25) is 0 Å². The van der Waals surface area contributed by atoms with Crippen molar-refractivity contribution >= 4 is 11.7 Å². The Labute approximate surface area is 119 Å². The topological polar surface area (TPSA) is 45.2 Å². The minimum Gasteiger partial charge on any atom is -0.356 e. The molecule has 2 rings (SSSR count). The van der Waals surface area contributed by atoms with Crippen molar-refractivity contribution in [3.63, 3.8) is 0 Å². The Morgan fingerprint density at radius 1 is 1.35 bits per heavy atom. The normalized spacial score (nSPS) is 17.1. The van der Waals surface area contributed by atoms with Crippen LogP contribution in [0.25, 0.3) is 0 Å². The zero-order chi connectivity index (χ0) is 14.8. The molecule has 1 aromatic rings. The van der Waals surface area contributed by atoms with Crippen LogP contribution in [0.1, 0.15) is 33.6 Å². The van der Waals surface area contributed by atoms with Crippen molar-refractivity contribution in [2.45, 2.75) is 39.7 Å². The van der Waals surface area contributed by atoms with Crippen molar-refractivity contribution in [3.05, 3.63) is 24.1 Å². The summed E-state index contributed by atoms with van der Waals surface area (Å²) in [5.41, 5.74) is -0.352. The predicted molar refractivity (Wildman–Crippen MR) is 77.0 cm³/mol. The van der Waals surface area contributed by atoms with Gasteiger partial charge in [-0.15, -0.1) is 0 Å². The number of halogens is 1. The van der Waals surface area contributed by atoms with E-state index in [-0.39, 0.29) is 23.2 Å². The number of aromatic nitrogens is 1. The smallest absolute Gasteiger partial charge is 0.225 e. The maximum absolute atomic E-state index is 12.8. The van der Waals surface area contributed by atoms with E-state index in [4.69, 9.17) is 0 Å². The number of carbonyl (C=O) groups excluding carboxylic acids is 1. The van der Waals surface area contributed by atoms with Crippen LogP contribution < -0.4 is 10.2 Å². The fourth-order valence-corrected chi connectivity index (χ4v) is 2.21. The van der Waals surface area contributed by atoms with E-state index in [1.54, 1.807) is 6.07 Å². The van der Waals surface area contributed by atoms with E-state index < -0.39 is 0 Å². The van der Waals surface area contributed by atoms with E-state index in [9.17, 15) is 9.18 Å². The maximum Gasteiger partial charge on any atom is 0.225 e. The SMILES string of the molecule is CC(C)(C)C(=O)NC1CCN(c2ccc(F)cn2)CC1. The van der Waals surface area contributed by atoms with Gasteiger partial charge < -0.3 is 10.2 Å². The van der Waals surface area contributed by atoms with E-state index in [0.717, 1.165) is 31.7 Å². The Balaban J connectivity index is 1.86.